The Hall–Kier alpha value is -0.610. The summed E-state index contributed by atoms with van der Waals surface area (Å²) < 4.78 is 0. The number of nitrogens with zero attached hydrogens (tertiary/aromatic N) is 2. The number of nitrogens with one attached hydrogen (secondary N) is 1. The van der Waals surface area contributed by atoms with E-state index < -0.39 is 0 Å². The molecule has 3 nitrogen and oxygen atoms in total. The van der Waals surface area contributed by atoms with Gasteiger partial charge in [-0.25, -0.2) is 4.98 Å². The van der Waals surface area contributed by atoms with Gasteiger partial charge in [0, 0.05) is 30.2 Å². The van der Waals surface area contributed by atoms with Crippen molar-refractivity contribution in [1.82, 2.24) is 10.3 Å². The Kier molecular flexibility index (Phi) is 5.22. The highest BCUT2D eigenvalue weighted by Crippen LogP contribution is 2.31. The SMILES string of the molecule is CC(C)CNCc1cnc(N2CCCC(C)C2C)s1. The third-order valence-corrected chi connectivity index (χ3v) is 5.05. The average Bonchev–Trinajstić information content (AvgIpc) is 2.81. The molecule has 0 spiro atoms. The maximum atomic E-state index is 4.63. The molecular formula is C15H27N3S. The minimum atomic E-state index is 0.622. The predicted octanol–water partition coefficient (Wildman–Crippen LogP) is 3.51. The van der Waals surface area contributed by atoms with Crippen LogP contribution in [0.2, 0.25) is 0 Å². The molecule has 1 aliphatic rings. The van der Waals surface area contributed by atoms with Gasteiger partial charge in [-0.2, -0.15) is 0 Å². The molecule has 2 atom stereocenters. The summed E-state index contributed by atoms with van der Waals surface area (Å²) in [4.78, 5) is 8.47. The Morgan fingerprint density at radius 3 is 3.00 bits per heavy atom. The molecule has 0 aliphatic carbocycles. The molecule has 1 aromatic rings. The van der Waals surface area contributed by atoms with Crippen LogP contribution in [0.15, 0.2) is 6.20 Å². The Bertz CT molecular complexity index is 388. The van der Waals surface area contributed by atoms with Crippen molar-refractivity contribution in [2.45, 2.75) is 53.1 Å². The zero-order valence-corrected chi connectivity index (χ0v) is 13.5. The van der Waals surface area contributed by atoms with Crippen molar-refractivity contribution in [2.75, 3.05) is 18.0 Å². The summed E-state index contributed by atoms with van der Waals surface area (Å²) in [5.74, 6) is 1.48. The zero-order chi connectivity index (χ0) is 13.8. The Morgan fingerprint density at radius 2 is 2.26 bits per heavy atom. The number of rotatable bonds is 5. The summed E-state index contributed by atoms with van der Waals surface area (Å²) >= 11 is 1.85. The number of anilines is 1. The van der Waals surface area contributed by atoms with Crippen LogP contribution in [0, 0.1) is 11.8 Å². The van der Waals surface area contributed by atoms with Gasteiger partial charge in [-0.15, -0.1) is 11.3 Å². The first-order valence-corrected chi connectivity index (χ1v) is 8.31. The van der Waals surface area contributed by atoms with E-state index in [9.17, 15) is 0 Å². The van der Waals surface area contributed by atoms with E-state index in [1.165, 1.54) is 22.9 Å². The Balaban J connectivity index is 1.92. The molecule has 1 saturated heterocycles. The normalized spacial score (nSPS) is 24.2. The van der Waals surface area contributed by atoms with E-state index in [1.54, 1.807) is 0 Å². The van der Waals surface area contributed by atoms with Gasteiger partial charge in [0.05, 0.1) is 0 Å². The third kappa shape index (κ3) is 3.93. The van der Waals surface area contributed by atoms with E-state index in [0.717, 1.165) is 25.6 Å². The van der Waals surface area contributed by atoms with E-state index in [2.05, 4.69) is 42.9 Å². The first kappa shape index (κ1) is 14.8. The summed E-state index contributed by atoms with van der Waals surface area (Å²) in [5, 5.41) is 4.70. The van der Waals surface area contributed by atoms with Crippen LogP contribution in [-0.2, 0) is 6.54 Å². The number of aromatic nitrogens is 1. The molecule has 0 amide bonds. The lowest BCUT2D eigenvalue weighted by Crippen LogP contribution is -2.42. The fraction of sp³-hybridized carbons (Fsp3) is 0.800. The lowest BCUT2D eigenvalue weighted by atomic mass is 9.93. The van der Waals surface area contributed by atoms with Gasteiger partial charge in [0.15, 0.2) is 5.13 Å². The quantitative estimate of drug-likeness (QED) is 0.895. The minimum Gasteiger partial charge on any atom is -0.345 e. The van der Waals surface area contributed by atoms with Crippen LogP contribution in [0.5, 0.6) is 0 Å². The van der Waals surface area contributed by atoms with Crippen molar-refractivity contribution in [2.24, 2.45) is 11.8 Å². The second kappa shape index (κ2) is 6.71. The van der Waals surface area contributed by atoms with Crippen molar-refractivity contribution in [3.05, 3.63) is 11.1 Å². The highest BCUT2D eigenvalue weighted by molar-refractivity contribution is 7.15. The van der Waals surface area contributed by atoms with E-state index >= 15 is 0 Å². The fourth-order valence-corrected chi connectivity index (χ4v) is 3.60. The largest absolute Gasteiger partial charge is 0.345 e. The highest BCUT2D eigenvalue weighted by Gasteiger charge is 2.26. The van der Waals surface area contributed by atoms with Crippen LogP contribution in [0.4, 0.5) is 5.13 Å². The maximum absolute atomic E-state index is 4.63. The van der Waals surface area contributed by atoms with E-state index in [1.807, 2.05) is 17.5 Å². The van der Waals surface area contributed by atoms with Gasteiger partial charge in [0.25, 0.3) is 0 Å². The van der Waals surface area contributed by atoms with Crippen molar-refractivity contribution in [3.63, 3.8) is 0 Å². The smallest absolute Gasteiger partial charge is 0.185 e. The molecule has 0 aromatic carbocycles. The van der Waals surface area contributed by atoms with Crippen LogP contribution >= 0.6 is 11.3 Å². The molecule has 108 valence electrons. The summed E-state index contributed by atoms with van der Waals surface area (Å²) in [6.45, 7) is 12.4. The summed E-state index contributed by atoms with van der Waals surface area (Å²) in [6.07, 6.45) is 4.69. The number of thiazole rings is 1. The third-order valence-electron chi connectivity index (χ3n) is 4.01. The number of piperidine rings is 1. The second-order valence-electron chi connectivity index (χ2n) is 6.19. The molecule has 4 heteroatoms. The molecule has 0 radical (unpaired) electrons. The van der Waals surface area contributed by atoms with Crippen molar-refractivity contribution < 1.29 is 0 Å². The molecule has 0 saturated carbocycles. The standard InChI is InChI=1S/C15H27N3S/c1-11(2)8-16-9-14-10-17-15(19-14)18-7-5-6-12(3)13(18)4/h10-13,16H,5-9H2,1-4H3. The van der Waals surface area contributed by atoms with Gasteiger partial charge < -0.3 is 10.2 Å². The van der Waals surface area contributed by atoms with E-state index in [-0.39, 0.29) is 0 Å². The van der Waals surface area contributed by atoms with Crippen LogP contribution in [0.3, 0.4) is 0 Å². The van der Waals surface area contributed by atoms with Crippen molar-refractivity contribution >= 4 is 16.5 Å². The lowest BCUT2D eigenvalue weighted by molar-refractivity contribution is 0.363. The molecule has 0 bridgehead atoms. The summed E-state index contributed by atoms with van der Waals surface area (Å²) in [5.41, 5.74) is 0. The number of hydrogen-bond acceptors (Lipinski definition) is 4. The first-order chi connectivity index (χ1) is 9.08. The molecular weight excluding hydrogens is 254 g/mol. The summed E-state index contributed by atoms with van der Waals surface area (Å²) in [6, 6.07) is 0.622. The van der Waals surface area contributed by atoms with Crippen LogP contribution < -0.4 is 10.2 Å². The predicted molar refractivity (Wildman–Crippen MR) is 83.9 cm³/mol. The van der Waals surface area contributed by atoms with Gasteiger partial charge in [-0.3, -0.25) is 0 Å². The number of hydrogen-bond donors (Lipinski definition) is 1. The molecule has 2 rings (SSSR count). The van der Waals surface area contributed by atoms with E-state index in [4.69, 9.17) is 0 Å². The van der Waals surface area contributed by atoms with Crippen LogP contribution in [0.1, 0.15) is 45.4 Å². The van der Waals surface area contributed by atoms with Crippen LogP contribution in [0.25, 0.3) is 0 Å². The zero-order valence-electron chi connectivity index (χ0n) is 12.6. The summed E-state index contributed by atoms with van der Waals surface area (Å²) in [7, 11) is 0. The molecule has 1 fully saturated rings. The molecule has 2 heterocycles. The fourth-order valence-electron chi connectivity index (χ4n) is 2.60. The van der Waals surface area contributed by atoms with Gasteiger partial charge in [0.1, 0.15) is 0 Å². The first-order valence-electron chi connectivity index (χ1n) is 7.50. The Morgan fingerprint density at radius 1 is 1.47 bits per heavy atom. The topological polar surface area (TPSA) is 28.2 Å². The second-order valence-corrected chi connectivity index (χ2v) is 7.28. The van der Waals surface area contributed by atoms with Gasteiger partial charge in [0.2, 0.25) is 0 Å². The van der Waals surface area contributed by atoms with E-state index in [0.29, 0.717) is 12.0 Å². The Labute approximate surface area is 121 Å². The lowest BCUT2D eigenvalue weighted by Gasteiger charge is -2.37. The molecule has 1 N–H and O–H groups in total. The van der Waals surface area contributed by atoms with Gasteiger partial charge in [-0.05, 0) is 38.1 Å². The minimum absolute atomic E-state index is 0.622. The molecule has 2 unspecified atom stereocenters. The van der Waals surface area contributed by atoms with Gasteiger partial charge in [-0.1, -0.05) is 20.8 Å². The molecule has 1 aliphatic heterocycles. The van der Waals surface area contributed by atoms with Gasteiger partial charge >= 0.3 is 0 Å². The van der Waals surface area contributed by atoms with Crippen LogP contribution in [-0.4, -0.2) is 24.1 Å². The monoisotopic (exact) mass is 281 g/mol. The highest BCUT2D eigenvalue weighted by atomic mass is 32.1. The average molecular weight is 281 g/mol. The molecule has 19 heavy (non-hydrogen) atoms. The van der Waals surface area contributed by atoms with Crippen molar-refractivity contribution in [3.8, 4) is 0 Å². The molecule has 1 aromatic heterocycles. The van der Waals surface area contributed by atoms with Crippen molar-refractivity contribution in [1.29, 1.82) is 0 Å². The maximum Gasteiger partial charge on any atom is 0.185 e.